The average molecular weight is 255 g/mol. The van der Waals surface area contributed by atoms with Crippen LogP contribution < -0.4 is 0 Å². The highest BCUT2D eigenvalue weighted by molar-refractivity contribution is 7.16. The number of halogens is 1. The van der Waals surface area contributed by atoms with Gasteiger partial charge in [0, 0.05) is 0 Å². The summed E-state index contributed by atoms with van der Waals surface area (Å²) in [6, 6.07) is 12.6. The second-order valence-electron chi connectivity index (χ2n) is 3.96. The van der Waals surface area contributed by atoms with E-state index in [1.807, 2.05) is 23.7 Å². The third-order valence-electron chi connectivity index (χ3n) is 2.69. The van der Waals surface area contributed by atoms with E-state index in [0.717, 1.165) is 16.6 Å². The number of hydrogen-bond donors (Lipinski definition) is 0. The van der Waals surface area contributed by atoms with Crippen LogP contribution in [0, 0.1) is 5.82 Å². The molecule has 0 saturated carbocycles. The van der Waals surface area contributed by atoms with Crippen LogP contribution in [-0.4, -0.2) is 4.98 Å². The van der Waals surface area contributed by atoms with E-state index in [0.29, 0.717) is 0 Å². The summed E-state index contributed by atoms with van der Waals surface area (Å²) in [4.78, 5) is 4.28. The summed E-state index contributed by atoms with van der Waals surface area (Å²) in [5.41, 5.74) is 4.94. The lowest BCUT2D eigenvalue weighted by molar-refractivity contribution is 0.628. The SMILES string of the molecule is Fc1ccc(C=Cc2ccc3scnc3c2)cc1. The molecule has 2 aromatic carbocycles. The zero-order chi connectivity index (χ0) is 12.4. The standard InChI is InChI=1S/C15H10FNS/c16-13-6-3-11(4-7-13)1-2-12-5-8-15-14(9-12)17-10-18-15/h1-10H. The normalized spacial score (nSPS) is 11.4. The van der Waals surface area contributed by atoms with Gasteiger partial charge in [-0.2, -0.15) is 0 Å². The highest BCUT2D eigenvalue weighted by atomic mass is 32.1. The van der Waals surface area contributed by atoms with Crippen LogP contribution in [0.15, 0.2) is 48.0 Å². The maximum atomic E-state index is 12.8. The van der Waals surface area contributed by atoms with Crippen molar-refractivity contribution in [1.82, 2.24) is 4.98 Å². The lowest BCUT2D eigenvalue weighted by Crippen LogP contribution is -1.75. The molecule has 1 nitrogen and oxygen atoms in total. The lowest BCUT2D eigenvalue weighted by atomic mass is 10.1. The van der Waals surface area contributed by atoms with Crippen molar-refractivity contribution in [1.29, 1.82) is 0 Å². The van der Waals surface area contributed by atoms with Crippen LogP contribution in [0.5, 0.6) is 0 Å². The topological polar surface area (TPSA) is 12.9 Å². The summed E-state index contributed by atoms with van der Waals surface area (Å²) in [7, 11) is 0. The van der Waals surface area contributed by atoms with E-state index >= 15 is 0 Å². The fourth-order valence-corrected chi connectivity index (χ4v) is 2.40. The lowest BCUT2D eigenvalue weighted by Gasteiger charge is -1.95. The first-order valence-electron chi connectivity index (χ1n) is 5.58. The Morgan fingerprint density at radius 2 is 1.67 bits per heavy atom. The van der Waals surface area contributed by atoms with Gasteiger partial charge in [0.05, 0.1) is 15.7 Å². The molecular weight excluding hydrogens is 245 g/mol. The molecule has 3 aromatic rings. The van der Waals surface area contributed by atoms with Crippen molar-refractivity contribution in [2.45, 2.75) is 0 Å². The van der Waals surface area contributed by atoms with E-state index in [4.69, 9.17) is 0 Å². The van der Waals surface area contributed by atoms with Crippen molar-refractivity contribution in [3.05, 3.63) is 64.9 Å². The van der Waals surface area contributed by atoms with Gasteiger partial charge in [0.25, 0.3) is 0 Å². The molecule has 0 bridgehead atoms. The van der Waals surface area contributed by atoms with Crippen molar-refractivity contribution in [2.75, 3.05) is 0 Å². The van der Waals surface area contributed by atoms with Gasteiger partial charge < -0.3 is 0 Å². The maximum Gasteiger partial charge on any atom is 0.123 e. The zero-order valence-corrected chi connectivity index (χ0v) is 10.3. The summed E-state index contributed by atoms with van der Waals surface area (Å²) in [5.74, 6) is -0.212. The van der Waals surface area contributed by atoms with Crippen LogP contribution >= 0.6 is 11.3 Å². The van der Waals surface area contributed by atoms with Crippen molar-refractivity contribution in [2.24, 2.45) is 0 Å². The van der Waals surface area contributed by atoms with Gasteiger partial charge in [0.1, 0.15) is 5.82 Å². The molecule has 0 radical (unpaired) electrons. The quantitative estimate of drug-likeness (QED) is 0.609. The van der Waals surface area contributed by atoms with Crippen LogP contribution in [0.1, 0.15) is 11.1 Å². The van der Waals surface area contributed by atoms with Gasteiger partial charge in [-0.25, -0.2) is 9.37 Å². The summed E-state index contributed by atoms with van der Waals surface area (Å²) >= 11 is 1.64. The second-order valence-corrected chi connectivity index (χ2v) is 4.85. The highest BCUT2D eigenvalue weighted by Gasteiger charge is 1.96. The molecule has 3 rings (SSSR count). The van der Waals surface area contributed by atoms with E-state index < -0.39 is 0 Å². The second kappa shape index (κ2) is 4.70. The van der Waals surface area contributed by atoms with Crippen molar-refractivity contribution in [3.8, 4) is 0 Å². The van der Waals surface area contributed by atoms with Gasteiger partial charge in [0.15, 0.2) is 0 Å². The summed E-state index contributed by atoms with van der Waals surface area (Å²) < 4.78 is 13.9. The first kappa shape index (κ1) is 11.1. The number of benzene rings is 2. The summed E-state index contributed by atoms with van der Waals surface area (Å²) in [6.45, 7) is 0. The van der Waals surface area contributed by atoms with Crippen LogP contribution in [0.3, 0.4) is 0 Å². The molecule has 1 heterocycles. The molecule has 0 unspecified atom stereocenters. The average Bonchev–Trinajstić information content (AvgIpc) is 2.85. The van der Waals surface area contributed by atoms with Gasteiger partial charge in [-0.15, -0.1) is 11.3 Å². The predicted octanol–water partition coefficient (Wildman–Crippen LogP) is 4.61. The van der Waals surface area contributed by atoms with E-state index in [1.165, 1.54) is 16.8 Å². The number of rotatable bonds is 2. The van der Waals surface area contributed by atoms with Crippen LogP contribution in [-0.2, 0) is 0 Å². The Morgan fingerprint density at radius 1 is 0.944 bits per heavy atom. The zero-order valence-electron chi connectivity index (χ0n) is 9.51. The van der Waals surface area contributed by atoms with Gasteiger partial charge in [-0.1, -0.05) is 30.4 Å². The monoisotopic (exact) mass is 255 g/mol. The minimum atomic E-state index is -0.212. The Kier molecular flexibility index (Phi) is 2.90. The maximum absolute atomic E-state index is 12.8. The van der Waals surface area contributed by atoms with Crippen LogP contribution in [0.2, 0.25) is 0 Å². The predicted molar refractivity (Wildman–Crippen MR) is 74.9 cm³/mol. The molecule has 18 heavy (non-hydrogen) atoms. The molecule has 0 aliphatic carbocycles. The van der Waals surface area contributed by atoms with E-state index in [1.54, 1.807) is 23.5 Å². The van der Waals surface area contributed by atoms with Crippen LogP contribution in [0.4, 0.5) is 4.39 Å². The summed E-state index contributed by atoms with van der Waals surface area (Å²) in [5, 5.41) is 0. The number of nitrogens with zero attached hydrogens (tertiary/aromatic N) is 1. The number of thiazole rings is 1. The number of fused-ring (bicyclic) bond motifs is 1. The molecule has 0 saturated heterocycles. The van der Waals surface area contributed by atoms with Gasteiger partial charge in [-0.05, 0) is 35.4 Å². The molecule has 0 spiro atoms. The minimum Gasteiger partial charge on any atom is -0.245 e. The molecule has 0 atom stereocenters. The Hall–Kier alpha value is -2.00. The molecule has 1 aromatic heterocycles. The van der Waals surface area contributed by atoms with E-state index in [9.17, 15) is 4.39 Å². The Labute approximate surface area is 108 Å². The minimum absolute atomic E-state index is 0.212. The molecule has 0 amide bonds. The van der Waals surface area contributed by atoms with E-state index in [-0.39, 0.29) is 5.82 Å². The third-order valence-corrected chi connectivity index (χ3v) is 3.50. The Bertz CT molecular complexity index is 698. The molecular formula is C15H10FNS. The number of hydrogen-bond acceptors (Lipinski definition) is 2. The first-order chi connectivity index (χ1) is 8.81. The Morgan fingerprint density at radius 3 is 2.50 bits per heavy atom. The summed E-state index contributed by atoms with van der Waals surface area (Å²) in [6.07, 6.45) is 3.97. The van der Waals surface area contributed by atoms with Crippen LogP contribution in [0.25, 0.3) is 22.4 Å². The molecule has 0 aliphatic rings. The molecule has 0 aliphatic heterocycles. The van der Waals surface area contributed by atoms with Gasteiger partial charge in [0.2, 0.25) is 0 Å². The fourth-order valence-electron chi connectivity index (χ4n) is 1.74. The first-order valence-corrected chi connectivity index (χ1v) is 6.46. The van der Waals surface area contributed by atoms with Crippen molar-refractivity contribution < 1.29 is 4.39 Å². The molecule has 88 valence electrons. The fraction of sp³-hybridized carbons (Fsp3) is 0. The van der Waals surface area contributed by atoms with E-state index in [2.05, 4.69) is 17.1 Å². The molecule has 0 N–H and O–H groups in total. The smallest absolute Gasteiger partial charge is 0.123 e. The molecule has 0 fully saturated rings. The highest BCUT2D eigenvalue weighted by Crippen LogP contribution is 2.20. The van der Waals surface area contributed by atoms with Crippen molar-refractivity contribution in [3.63, 3.8) is 0 Å². The molecule has 3 heteroatoms. The Balaban J connectivity index is 1.88. The van der Waals surface area contributed by atoms with Crippen molar-refractivity contribution >= 4 is 33.7 Å². The number of aromatic nitrogens is 1. The third kappa shape index (κ3) is 2.31. The van der Waals surface area contributed by atoms with Gasteiger partial charge in [-0.3, -0.25) is 0 Å². The van der Waals surface area contributed by atoms with Gasteiger partial charge >= 0.3 is 0 Å². The largest absolute Gasteiger partial charge is 0.245 e.